The normalized spacial score (nSPS) is 15.5. The Morgan fingerprint density at radius 3 is 2.29 bits per heavy atom. The van der Waals surface area contributed by atoms with Gasteiger partial charge >= 0.3 is 0 Å². The molecule has 0 atom stereocenters. The highest BCUT2D eigenvalue weighted by molar-refractivity contribution is 6.74. The number of benzene rings is 1. The van der Waals surface area contributed by atoms with Crippen LogP contribution in [0.3, 0.4) is 0 Å². The minimum atomic E-state index is -1.79. The lowest BCUT2D eigenvalue weighted by Gasteiger charge is -2.36. The molecule has 114 valence electrons. The molecule has 1 aliphatic rings. The molecule has 0 aromatic heterocycles. The van der Waals surface area contributed by atoms with Crippen molar-refractivity contribution in [2.75, 3.05) is 5.01 Å². The third-order valence-corrected chi connectivity index (χ3v) is 8.41. The van der Waals surface area contributed by atoms with Crippen molar-refractivity contribution < 1.29 is 4.43 Å². The molecule has 1 aliphatic heterocycles. The van der Waals surface area contributed by atoms with Gasteiger partial charge in [-0.1, -0.05) is 20.8 Å². The standard InChI is InChI=1S/C16H25N3OSi/c1-16(2,3)21(4,5)20-14-10-8-13(9-11-14)19-12-6-7-15(17)18-19/h6-12,18H,17H2,1-5H3. The molecule has 2 rings (SSSR count). The van der Waals surface area contributed by atoms with Crippen molar-refractivity contribution in [1.29, 1.82) is 0 Å². The maximum atomic E-state index is 6.28. The smallest absolute Gasteiger partial charge is 0.250 e. The Morgan fingerprint density at radius 1 is 1.14 bits per heavy atom. The summed E-state index contributed by atoms with van der Waals surface area (Å²) in [6.45, 7) is 11.2. The van der Waals surface area contributed by atoms with Crippen LogP contribution in [0, 0.1) is 0 Å². The summed E-state index contributed by atoms with van der Waals surface area (Å²) in [5, 5.41) is 2.08. The first-order valence-electron chi connectivity index (χ1n) is 7.18. The van der Waals surface area contributed by atoms with E-state index in [4.69, 9.17) is 10.2 Å². The van der Waals surface area contributed by atoms with E-state index in [1.807, 2.05) is 47.6 Å². The molecule has 0 saturated carbocycles. The van der Waals surface area contributed by atoms with Crippen molar-refractivity contribution in [3.05, 3.63) is 48.4 Å². The molecule has 3 N–H and O–H groups in total. The van der Waals surface area contributed by atoms with Crippen LogP contribution in [0.2, 0.25) is 18.1 Å². The molecule has 5 heteroatoms. The van der Waals surface area contributed by atoms with Gasteiger partial charge in [0.05, 0.1) is 5.69 Å². The van der Waals surface area contributed by atoms with Crippen LogP contribution >= 0.6 is 0 Å². The average Bonchev–Trinajstić information content (AvgIpc) is 2.38. The number of nitrogens with zero attached hydrogens (tertiary/aromatic N) is 1. The van der Waals surface area contributed by atoms with E-state index in [0.717, 1.165) is 11.4 Å². The van der Waals surface area contributed by atoms with Gasteiger partial charge in [0, 0.05) is 6.20 Å². The van der Waals surface area contributed by atoms with Crippen molar-refractivity contribution in [2.24, 2.45) is 5.73 Å². The van der Waals surface area contributed by atoms with E-state index in [1.54, 1.807) is 0 Å². The molecule has 21 heavy (non-hydrogen) atoms. The summed E-state index contributed by atoms with van der Waals surface area (Å²) >= 11 is 0. The van der Waals surface area contributed by atoms with Crippen molar-refractivity contribution in [2.45, 2.75) is 38.9 Å². The molecule has 0 aliphatic carbocycles. The maximum Gasteiger partial charge on any atom is 0.250 e. The Balaban J connectivity index is 2.10. The average molecular weight is 303 g/mol. The monoisotopic (exact) mass is 303 g/mol. The number of hydrogen-bond donors (Lipinski definition) is 2. The van der Waals surface area contributed by atoms with Crippen molar-refractivity contribution in [1.82, 2.24) is 5.43 Å². The van der Waals surface area contributed by atoms with Gasteiger partial charge in [-0.2, -0.15) is 0 Å². The predicted octanol–water partition coefficient (Wildman–Crippen LogP) is 3.71. The van der Waals surface area contributed by atoms with Crippen LogP contribution in [0.1, 0.15) is 20.8 Å². The first-order chi connectivity index (χ1) is 9.69. The van der Waals surface area contributed by atoms with Gasteiger partial charge in [-0.05, 0) is 54.5 Å². The van der Waals surface area contributed by atoms with Crippen LogP contribution in [0.15, 0.2) is 48.4 Å². The molecule has 0 radical (unpaired) electrons. The zero-order valence-corrected chi connectivity index (χ0v) is 14.5. The van der Waals surface area contributed by atoms with Gasteiger partial charge in [-0.3, -0.25) is 10.4 Å². The molecule has 1 aromatic rings. The summed E-state index contributed by atoms with van der Waals surface area (Å²) in [5.74, 6) is 1.55. The van der Waals surface area contributed by atoms with E-state index in [9.17, 15) is 0 Å². The minimum Gasteiger partial charge on any atom is -0.544 e. The number of hydrazine groups is 1. The van der Waals surface area contributed by atoms with Gasteiger partial charge < -0.3 is 10.2 Å². The molecule has 0 spiro atoms. The highest BCUT2D eigenvalue weighted by atomic mass is 28.4. The lowest BCUT2D eigenvalue weighted by Crippen LogP contribution is -2.43. The summed E-state index contributed by atoms with van der Waals surface area (Å²) in [6.07, 6.45) is 5.66. The molecular weight excluding hydrogens is 278 g/mol. The fraction of sp³-hybridized carbons (Fsp3) is 0.375. The molecule has 1 aromatic carbocycles. The molecule has 0 bridgehead atoms. The zero-order chi connectivity index (χ0) is 15.7. The van der Waals surface area contributed by atoms with E-state index in [0.29, 0.717) is 5.82 Å². The molecule has 0 saturated heterocycles. The van der Waals surface area contributed by atoms with Gasteiger partial charge in [-0.15, -0.1) is 0 Å². The molecule has 0 fully saturated rings. The number of nitrogens with two attached hydrogens (primary N) is 1. The second kappa shape index (κ2) is 5.48. The molecule has 0 unspecified atom stereocenters. The van der Waals surface area contributed by atoms with Crippen LogP contribution in [0.4, 0.5) is 5.69 Å². The zero-order valence-electron chi connectivity index (χ0n) is 13.5. The van der Waals surface area contributed by atoms with Crippen LogP contribution in [0.25, 0.3) is 0 Å². The van der Waals surface area contributed by atoms with Crippen molar-refractivity contribution >= 4 is 14.0 Å². The first kappa shape index (κ1) is 15.5. The van der Waals surface area contributed by atoms with E-state index >= 15 is 0 Å². The number of nitrogens with one attached hydrogen (secondary N) is 1. The number of anilines is 1. The summed E-state index contributed by atoms with van der Waals surface area (Å²) in [4.78, 5) is 0. The second-order valence-corrected chi connectivity index (χ2v) is 11.5. The lowest BCUT2D eigenvalue weighted by molar-refractivity contribution is 0.492. The van der Waals surface area contributed by atoms with E-state index in [2.05, 4.69) is 39.3 Å². The fourth-order valence-corrected chi connectivity index (χ4v) is 2.75. The molecule has 0 amide bonds. The van der Waals surface area contributed by atoms with E-state index in [-0.39, 0.29) is 5.04 Å². The third kappa shape index (κ3) is 3.61. The number of rotatable bonds is 3. The lowest BCUT2D eigenvalue weighted by atomic mass is 10.2. The van der Waals surface area contributed by atoms with Crippen molar-refractivity contribution in [3.8, 4) is 5.75 Å². The van der Waals surface area contributed by atoms with Crippen LogP contribution in [-0.4, -0.2) is 8.32 Å². The number of hydrogen-bond acceptors (Lipinski definition) is 4. The summed E-state index contributed by atoms with van der Waals surface area (Å²) in [6, 6.07) is 8.08. The van der Waals surface area contributed by atoms with Gasteiger partial charge in [0.2, 0.25) is 8.32 Å². The Labute approximate surface area is 128 Å². The summed E-state index contributed by atoms with van der Waals surface area (Å²) in [5.41, 5.74) is 9.86. The second-order valence-electron chi connectivity index (χ2n) is 6.80. The SMILES string of the molecule is CC(C)(C)[Si](C)(C)Oc1ccc(N2C=CC=C(N)N2)cc1. The Kier molecular flexibility index (Phi) is 4.05. The Morgan fingerprint density at radius 2 is 1.76 bits per heavy atom. The summed E-state index contributed by atoms with van der Waals surface area (Å²) in [7, 11) is -1.79. The highest BCUT2D eigenvalue weighted by Crippen LogP contribution is 2.37. The van der Waals surface area contributed by atoms with Crippen LogP contribution in [-0.2, 0) is 0 Å². The van der Waals surface area contributed by atoms with Gasteiger partial charge in [0.25, 0.3) is 0 Å². The first-order valence-corrected chi connectivity index (χ1v) is 10.1. The van der Waals surface area contributed by atoms with Gasteiger partial charge in [0.1, 0.15) is 11.6 Å². The predicted molar refractivity (Wildman–Crippen MR) is 91.3 cm³/mol. The maximum absolute atomic E-state index is 6.28. The quantitative estimate of drug-likeness (QED) is 0.836. The Bertz CT molecular complexity index is 556. The largest absolute Gasteiger partial charge is 0.544 e. The third-order valence-electron chi connectivity index (χ3n) is 4.05. The van der Waals surface area contributed by atoms with Gasteiger partial charge in [-0.25, -0.2) is 0 Å². The van der Waals surface area contributed by atoms with E-state index < -0.39 is 8.32 Å². The molecule has 1 heterocycles. The topological polar surface area (TPSA) is 50.5 Å². The fourth-order valence-electron chi connectivity index (χ4n) is 1.72. The van der Waals surface area contributed by atoms with Crippen LogP contribution < -0.4 is 20.6 Å². The van der Waals surface area contributed by atoms with Crippen LogP contribution in [0.5, 0.6) is 5.75 Å². The van der Waals surface area contributed by atoms with E-state index in [1.165, 1.54) is 0 Å². The molecule has 4 nitrogen and oxygen atoms in total. The van der Waals surface area contributed by atoms with Crippen molar-refractivity contribution in [3.63, 3.8) is 0 Å². The Hall–Kier alpha value is -1.88. The van der Waals surface area contributed by atoms with Gasteiger partial charge in [0.15, 0.2) is 0 Å². The number of allylic oxidation sites excluding steroid dienone is 2. The minimum absolute atomic E-state index is 0.197. The highest BCUT2D eigenvalue weighted by Gasteiger charge is 2.38. The summed E-state index contributed by atoms with van der Waals surface area (Å²) < 4.78 is 6.28. The molecular formula is C16H25N3OSi.